The number of terminal acetylenes is 1. The smallest absolute Gasteiger partial charge is 0.323 e. The molecule has 0 saturated heterocycles. The van der Waals surface area contributed by atoms with Gasteiger partial charge in [-0.15, -0.1) is 6.42 Å². The van der Waals surface area contributed by atoms with Gasteiger partial charge in [-0.25, -0.2) is 0 Å². The van der Waals surface area contributed by atoms with E-state index in [9.17, 15) is 9.59 Å². The largest absolute Gasteiger partial charge is 0.480 e. The predicted molar refractivity (Wildman–Crippen MR) is 64.2 cm³/mol. The molecule has 0 aromatic heterocycles. The van der Waals surface area contributed by atoms with Crippen molar-refractivity contribution < 1.29 is 14.7 Å². The first-order valence-electron chi connectivity index (χ1n) is 6.09. The number of hydrogen-bond acceptors (Lipinski definition) is 2. The number of amides is 1. The molecule has 94 valence electrons. The van der Waals surface area contributed by atoms with Gasteiger partial charge in [0.05, 0.1) is 6.54 Å². The van der Waals surface area contributed by atoms with Crippen molar-refractivity contribution in [2.75, 3.05) is 13.1 Å². The summed E-state index contributed by atoms with van der Waals surface area (Å²) < 4.78 is 0. The van der Waals surface area contributed by atoms with E-state index in [1.54, 1.807) is 0 Å². The van der Waals surface area contributed by atoms with Crippen molar-refractivity contribution in [2.24, 2.45) is 5.92 Å². The van der Waals surface area contributed by atoms with Crippen LogP contribution in [0, 0.1) is 18.3 Å². The van der Waals surface area contributed by atoms with Gasteiger partial charge in [0.1, 0.15) is 6.54 Å². The molecule has 0 aliphatic heterocycles. The van der Waals surface area contributed by atoms with Gasteiger partial charge in [-0.3, -0.25) is 9.59 Å². The number of carbonyl (C=O) groups is 2. The van der Waals surface area contributed by atoms with Gasteiger partial charge in [-0.2, -0.15) is 0 Å². The molecule has 0 atom stereocenters. The molecule has 4 nitrogen and oxygen atoms in total. The third-order valence-electron chi connectivity index (χ3n) is 3.12. The van der Waals surface area contributed by atoms with Crippen LogP contribution in [-0.4, -0.2) is 35.0 Å². The second-order valence-corrected chi connectivity index (χ2v) is 4.48. The monoisotopic (exact) mass is 237 g/mol. The van der Waals surface area contributed by atoms with E-state index >= 15 is 0 Å². The van der Waals surface area contributed by atoms with Gasteiger partial charge >= 0.3 is 5.97 Å². The summed E-state index contributed by atoms with van der Waals surface area (Å²) in [5, 5.41) is 8.75. The van der Waals surface area contributed by atoms with Crippen molar-refractivity contribution in [1.29, 1.82) is 0 Å². The van der Waals surface area contributed by atoms with Crippen LogP contribution in [-0.2, 0) is 9.59 Å². The molecule has 1 amide bonds. The fourth-order valence-electron chi connectivity index (χ4n) is 2.27. The standard InChI is InChI=1S/C13H19NO3/c1-2-9-14(10-12(15)16)13(17)11-7-5-3-4-6-8-11/h1,11H,3-10H2,(H,15,16). The van der Waals surface area contributed by atoms with E-state index in [1.807, 2.05) is 0 Å². The van der Waals surface area contributed by atoms with Gasteiger partial charge in [0.25, 0.3) is 0 Å². The Balaban J connectivity index is 2.61. The molecule has 1 aliphatic rings. The summed E-state index contributed by atoms with van der Waals surface area (Å²) in [5.74, 6) is 1.21. The molecule has 4 heteroatoms. The number of carboxylic acid groups (broad SMARTS) is 1. The summed E-state index contributed by atoms with van der Waals surface area (Å²) >= 11 is 0. The fourth-order valence-corrected chi connectivity index (χ4v) is 2.27. The van der Waals surface area contributed by atoms with Crippen LogP contribution in [0.1, 0.15) is 38.5 Å². The number of rotatable bonds is 4. The SMILES string of the molecule is C#CCN(CC(=O)O)C(=O)C1CCCCCC1. The van der Waals surface area contributed by atoms with E-state index in [0.717, 1.165) is 38.5 Å². The Morgan fingerprint density at radius 2 is 1.82 bits per heavy atom. The van der Waals surface area contributed by atoms with E-state index in [0.29, 0.717) is 0 Å². The average molecular weight is 237 g/mol. The predicted octanol–water partition coefficient (Wildman–Crippen LogP) is 1.50. The van der Waals surface area contributed by atoms with Crippen molar-refractivity contribution in [3.63, 3.8) is 0 Å². The maximum absolute atomic E-state index is 12.1. The first-order chi connectivity index (χ1) is 8.15. The molecule has 1 fully saturated rings. The Kier molecular flexibility index (Phi) is 5.55. The minimum Gasteiger partial charge on any atom is -0.480 e. The highest BCUT2D eigenvalue weighted by Gasteiger charge is 2.25. The molecule has 0 aromatic carbocycles. The first kappa shape index (κ1) is 13.6. The summed E-state index contributed by atoms with van der Waals surface area (Å²) in [5.41, 5.74) is 0. The molecule has 0 spiro atoms. The Hall–Kier alpha value is -1.50. The van der Waals surface area contributed by atoms with Crippen LogP contribution in [0.15, 0.2) is 0 Å². The van der Waals surface area contributed by atoms with Crippen molar-refractivity contribution in [3.05, 3.63) is 0 Å². The topological polar surface area (TPSA) is 57.6 Å². The molecule has 1 N–H and O–H groups in total. The number of aliphatic carboxylic acids is 1. The Labute approximate surface area is 102 Å². The number of carbonyl (C=O) groups excluding carboxylic acids is 1. The lowest BCUT2D eigenvalue weighted by Gasteiger charge is -2.23. The van der Waals surface area contributed by atoms with Crippen molar-refractivity contribution >= 4 is 11.9 Å². The molecule has 17 heavy (non-hydrogen) atoms. The van der Waals surface area contributed by atoms with Crippen LogP contribution in [0.25, 0.3) is 0 Å². The summed E-state index contributed by atoms with van der Waals surface area (Å²) in [6.45, 7) is -0.207. The highest BCUT2D eigenvalue weighted by molar-refractivity contribution is 5.83. The summed E-state index contributed by atoms with van der Waals surface area (Å²) in [6, 6.07) is 0. The summed E-state index contributed by atoms with van der Waals surface area (Å²) in [4.78, 5) is 24.1. The van der Waals surface area contributed by atoms with Crippen molar-refractivity contribution in [2.45, 2.75) is 38.5 Å². The van der Waals surface area contributed by atoms with Crippen LogP contribution in [0.3, 0.4) is 0 Å². The molecule has 0 bridgehead atoms. The van der Waals surface area contributed by atoms with Crippen molar-refractivity contribution in [3.8, 4) is 12.3 Å². The number of carboxylic acids is 1. The minimum atomic E-state index is -1.01. The van der Waals surface area contributed by atoms with E-state index in [2.05, 4.69) is 5.92 Å². The quantitative estimate of drug-likeness (QED) is 0.595. The number of nitrogens with zero attached hydrogens (tertiary/aromatic N) is 1. The Morgan fingerprint density at radius 1 is 1.24 bits per heavy atom. The minimum absolute atomic E-state index is 0.0369. The fraction of sp³-hybridized carbons (Fsp3) is 0.692. The molecule has 1 rings (SSSR count). The van der Waals surface area contributed by atoms with Gasteiger partial charge in [0.15, 0.2) is 0 Å². The van der Waals surface area contributed by atoms with Gasteiger partial charge < -0.3 is 10.0 Å². The molecular weight excluding hydrogens is 218 g/mol. The van der Waals surface area contributed by atoms with E-state index in [-0.39, 0.29) is 24.9 Å². The zero-order valence-corrected chi connectivity index (χ0v) is 10.0. The maximum Gasteiger partial charge on any atom is 0.323 e. The van der Waals surface area contributed by atoms with Gasteiger partial charge in [-0.1, -0.05) is 31.6 Å². The Bertz CT molecular complexity index is 311. The summed E-state index contributed by atoms with van der Waals surface area (Å²) in [6.07, 6.45) is 11.3. The van der Waals surface area contributed by atoms with E-state index in [1.165, 1.54) is 4.90 Å². The lowest BCUT2D eigenvalue weighted by atomic mass is 9.98. The molecule has 1 saturated carbocycles. The second-order valence-electron chi connectivity index (χ2n) is 4.48. The van der Waals surface area contributed by atoms with Gasteiger partial charge in [-0.05, 0) is 12.8 Å². The van der Waals surface area contributed by atoms with Crippen LogP contribution in [0.4, 0.5) is 0 Å². The van der Waals surface area contributed by atoms with Gasteiger partial charge in [0.2, 0.25) is 5.91 Å². The molecule has 0 aromatic rings. The lowest BCUT2D eigenvalue weighted by Crippen LogP contribution is -2.39. The van der Waals surface area contributed by atoms with Crippen LogP contribution in [0.5, 0.6) is 0 Å². The van der Waals surface area contributed by atoms with Crippen LogP contribution in [0.2, 0.25) is 0 Å². The summed E-state index contributed by atoms with van der Waals surface area (Å²) in [7, 11) is 0. The normalized spacial score (nSPS) is 16.9. The lowest BCUT2D eigenvalue weighted by molar-refractivity contribution is -0.146. The van der Waals surface area contributed by atoms with Crippen LogP contribution < -0.4 is 0 Å². The van der Waals surface area contributed by atoms with Crippen LogP contribution >= 0.6 is 0 Å². The average Bonchev–Trinajstić information content (AvgIpc) is 2.55. The molecule has 0 radical (unpaired) electrons. The van der Waals surface area contributed by atoms with Gasteiger partial charge in [0, 0.05) is 5.92 Å². The van der Waals surface area contributed by atoms with E-state index < -0.39 is 5.97 Å². The zero-order chi connectivity index (χ0) is 12.7. The van der Waals surface area contributed by atoms with Crippen molar-refractivity contribution in [1.82, 2.24) is 4.90 Å². The highest BCUT2D eigenvalue weighted by Crippen LogP contribution is 2.24. The molecule has 1 aliphatic carbocycles. The first-order valence-corrected chi connectivity index (χ1v) is 6.09. The molecule has 0 unspecified atom stereocenters. The highest BCUT2D eigenvalue weighted by atomic mass is 16.4. The number of hydrogen-bond donors (Lipinski definition) is 1. The third kappa shape index (κ3) is 4.48. The zero-order valence-electron chi connectivity index (χ0n) is 10.0. The second kappa shape index (κ2) is 6.95. The Morgan fingerprint density at radius 3 is 2.29 bits per heavy atom. The third-order valence-corrected chi connectivity index (χ3v) is 3.12. The molecule has 0 heterocycles. The maximum atomic E-state index is 12.1. The van der Waals surface area contributed by atoms with E-state index in [4.69, 9.17) is 11.5 Å². The molecular formula is C13H19NO3.